The van der Waals surface area contributed by atoms with Gasteiger partial charge in [0, 0.05) is 31.6 Å². The van der Waals surface area contributed by atoms with Crippen molar-refractivity contribution in [2.45, 2.75) is 30.8 Å². The topological polar surface area (TPSA) is 74.0 Å². The molecule has 0 radical (unpaired) electrons. The third-order valence-electron chi connectivity index (χ3n) is 4.79. The zero-order chi connectivity index (χ0) is 18.5. The predicted molar refractivity (Wildman–Crippen MR) is 98.7 cm³/mol. The number of amides is 1. The van der Waals surface area contributed by atoms with E-state index in [4.69, 9.17) is 4.42 Å². The van der Waals surface area contributed by atoms with E-state index in [-0.39, 0.29) is 12.3 Å². The Morgan fingerprint density at radius 2 is 1.88 bits per heavy atom. The molecule has 2 aliphatic rings. The number of furan rings is 1. The van der Waals surface area contributed by atoms with Gasteiger partial charge in [0.1, 0.15) is 16.6 Å². The summed E-state index contributed by atoms with van der Waals surface area (Å²) >= 11 is 0. The van der Waals surface area contributed by atoms with Crippen LogP contribution in [0.2, 0.25) is 0 Å². The molecule has 6 nitrogen and oxygen atoms in total. The van der Waals surface area contributed by atoms with Crippen LogP contribution >= 0.6 is 0 Å². The summed E-state index contributed by atoms with van der Waals surface area (Å²) in [5.41, 5.74) is 2.14. The van der Waals surface area contributed by atoms with E-state index in [1.54, 1.807) is 25.0 Å². The van der Waals surface area contributed by atoms with Gasteiger partial charge in [-0.05, 0) is 49.3 Å². The van der Waals surface area contributed by atoms with Gasteiger partial charge in [-0.3, -0.25) is 4.79 Å². The van der Waals surface area contributed by atoms with Crippen LogP contribution in [0.4, 0.5) is 0 Å². The molecule has 0 spiro atoms. The van der Waals surface area contributed by atoms with Gasteiger partial charge in [-0.25, -0.2) is 8.51 Å². The molecule has 0 aliphatic carbocycles. The fraction of sp³-hybridized carbons (Fsp3) is 0.421. The Morgan fingerprint density at radius 3 is 2.54 bits per heavy atom. The van der Waals surface area contributed by atoms with Crippen molar-refractivity contribution in [2.75, 3.05) is 26.2 Å². The second-order valence-corrected chi connectivity index (χ2v) is 9.10. The van der Waals surface area contributed by atoms with Gasteiger partial charge >= 0.3 is 0 Å². The molecule has 1 aromatic heterocycles. The first-order valence-corrected chi connectivity index (χ1v) is 9.75. The number of hydrogen-bond donors (Lipinski definition) is 1. The van der Waals surface area contributed by atoms with Crippen molar-refractivity contribution in [3.63, 3.8) is 0 Å². The molecular weight excluding hydrogens is 352 g/mol. The van der Waals surface area contributed by atoms with Crippen LogP contribution < -0.4 is 0 Å². The Morgan fingerprint density at radius 1 is 1.19 bits per heavy atom. The third-order valence-corrected chi connectivity index (χ3v) is 6.18. The van der Waals surface area contributed by atoms with Crippen LogP contribution in [0, 0.1) is 0 Å². The lowest BCUT2D eigenvalue weighted by Crippen LogP contribution is -2.38. The van der Waals surface area contributed by atoms with E-state index in [9.17, 15) is 14.1 Å². The number of carbonyl (C=O) groups is 1. The summed E-state index contributed by atoms with van der Waals surface area (Å²) in [6.07, 6.45) is 1.75. The Hall–Kier alpha value is -1.96. The summed E-state index contributed by atoms with van der Waals surface area (Å²) in [5, 5.41) is 10.8. The summed E-state index contributed by atoms with van der Waals surface area (Å²) < 4.78 is 20.2. The zero-order valence-corrected chi connectivity index (χ0v) is 15.7. The number of carbonyl (C=O) groups excluding carboxylic acids is 1. The van der Waals surface area contributed by atoms with E-state index in [0.717, 1.165) is 15.9 Å². The Bertz CT molecular complexity index is 907. The second kappa shape index (κ2) is 6.33. The number of nitrogens with zero attached hydrogens (tertiary/aromatic N) is 2. The van der Waals surface area contributed by atoms with Gasteiger partial charge in [0.25, 0.3) is 0 Å². The first-order valence-electron chi connectivity index (χ1n) is 8.64. The zero-order valence-electron chi connectivity index (χ0n) is 14.9. The highest BCUT2D eigenvalue weighted by Gasteiger charge is 2.35. The Kier molecular flexibility index (Phi) is 4.25. The lowest BCUT2D eigenvalue weighted by Gasteiger charge is -2.25. The van der Waals surface area contributed by atoms with Gasteiger partial charge in [-0.15, -0.1) is 0 Å². The minimum Gasteiger partial charge on any atom is -0.464 e. The van der Waals surface area contributed by atoms with Crippen molar-refractivity contribution in [2.24, 2.45) is 0 Å². The summed E-state index contributed by atoms with van der Waals surface area (Å²) in [5.74, 6) is -0.0371. The van der Waals surface area contributed by atoms with Gasteiger partial charge in [0.15, 0.2) is 0 Å². The lowest BCUT2D eigenvalue weighted by molar-refractivity contribution is -0.134. The van der Waals surface area contributed by atoms with Crippen molar-refractivity contribution in [3.05, 3.63) is 41.7 Å². The van der Waals surface area contributed by atoms with Gasteiger partial charge < -0.3 is 14.4 Å². The van der Waals surface area contributed by atoms with Gasteiger partial charge in [0.05, 0.1) is 23.2 Å². The quantitative estimate of drug-likeness (QED) is 0.832. The molecule has 7 heteroatoms. The third kappa shape index (κ3) is 3.34. The molecule has 0 bridgehead atoms. The molecule has 2 aromatic rings. The van der Waals surface area contributed by atoms with Crippen molar-refractivity contribution in [1.29, 1.82) is 0 Å². The van der Waals surface area contributed by atoms with Crippen molar-refractivity contribution < 1.29 is 18.5 Å². The second-order valence-electron chi connectivity index (χ2n) is 7.61. The maximum Gasteiger partial charge on any atom is 0.226 e. The average Bonchev–Trinajstić information content (AvgIpc) is 3.25. The number of aliphatic hydroxyl groups is 1. The van der Waals surface area contributed by atoms with Crippen LogP contribution in [0.1, 0.15) is 20.3 Å². The standard InChI is InChI=1S/C19H22N2O4S/c1-19(2,23)8-18(22)20-9-14-11-21(12-15(14)10-20)26(24)16-3-4-17-13(7-16)5-6-25-17/h3-7,23H,8-12H2,1-2H3. The van der Waals surface area contributed by atoms with Gasteiger partial charge in [0.2, 0.25) is 5.91 Å². The maximum absolute atomic E-state index is 12.9. The average molecular weight is 374 g/mol. The molecule has 1 amide bonds. The molecule has 1 aromatic carbocycles. The molecule has 3 heterocycles. The van der Waals surface area contributed by atoms with E-state index < -0.39 is 16.6 Å². The summed E-state index contributed by atoms with van der Waals surface area (Å²) in [4.78, 5) is 14.8. The minimum atomic E-state index is -1.24. The normalized spacial score (nSPS) is 19.4. The molecule has 138 valence electrons. The number of benzene rings is 1. The van der Waals surface area contributed by atoms with E-state index in [0.29, 0.717) is 26.2 Å². The smallest absolute Gasteiger partial charge is 0.226 e. The molecule has 0 saturated carbocycles. The summed E-state index contributed by atoms with van der Waals surface area (Å²) in [6.45, 7) is 5.64. The van der Waals surface area contributed by atoms with Crippen LogP contribution in [-0.2, 0) is 15.8 Å². The largest absolute Gasteiger partial charge is 0.464 e. The molecule has 4 rings (SSSR count). The fourth-order valence-electron chi connectivity index (χ4n) is 3.52. The molecule has 0 saturated heterocycles. The van der Waals surface area contributed by atoms with Crippen LogP contribution in [-0.4, -0.2) is 56.2 Å². The first-order chi connectivity index (χ1) is 12.3. The molecule has 2 aliphatic heterocycles. The van der Waals surface area contributed by atoms with Gasteiger partial charge in [-0.1, -0.05) is 0 Å². The van der Waals surface area contributed by atoms with Crippen LogP contribution in [0.25, 0.3) is 11.0 Å². The summed E-state index contributed by atoms with van der Waals surface area (Å²) in [7, 11) is -1.24. The first kappa shape index (κ1) is 17.5. The van der Waals surface area contributed by atoms with Gasteiger partial charge in [-0.2, -0.15) is 0 Å². The molecule has 1 N–H and O–H groups in total. The van der Waals surface area contributed by atoms with Crippen molar-refractivity contribution >= 4 is 27.9 Å². The highest BCUT2D eigenvalue weighted by molar-refractivity contribution is 7.82. The predicted octanol–water partition coefficient (Wildman–Crippen LogP) is 2.07. The molecule has 26 heavy (non-hydrogen) atoms. The fourth-order valence-corrected chi connectivity index (χ4v) is 4.78. The number of rotatable bonds is 4. The van der Waals surface area contributed by atoms with Crippen LogP contribution in [0.5, 0.6) is 0 Å². The molecule has 1 unspecified atom stereocenters. The maximum atomic E-state index is 12.9. The van der Waals surface area contributed by atoms with E-state index in [2.05, 4.69) is 0 Å². The highest BCUT2D eigenvalue weighted by atomic mass is 32.2. The SMILES string of the molecule is CC(C)(O)CC(=O)N1CC2=C(C1)CN(S(=O)c1ccc3occc3c1)C2. The van der Waals surface area contributed by atoms with E-state index in [1.807, 2.05) is 28.6 Å². The lowest BCUT2D eigenvalue weighted by atomic mass is 10.1. The molecular formula is C19H22N2O4S. The highest BCUT2D eigenvalue weighted by Crippen LogP contribution is 2.30. The van der Waals surface area contributed by atoms with E-state index >= 15 is 0 Å². The van der Waals surface area contributed by atoms with Crippen molar-refractivity contribution in [1.82, 2.24) is 9.21 Å². The summed E-state index contributed by atoms with van der Waals surface area (Å²) in [6, 6.07) is 7.45. The Labute approximate surface area is 154 Å². The van der Waals surface area contributed by atoms with Crippen molar-refractivity contribution in [3.8, 4) is 0 Å². The van der Waals surface area contributed by atoms with Crippen LogP contribution in [0.3, 0.4) is 0 Å². The number of fused-ring (bicyclic) bond motifs is 1. The molecule has 0 fully saturated rings. The van der Waals surface area contributed by atoms with Crippen LogP contribution in [0.15, 0.2) is 51.0 Å². The minimum absolute atomic E-state index is 0.0371. The monoisotopic (exact) mass is 374 g/mol. The van der Waals surface area contributed by atoms with E-state index in [1.165, 1.54) is 11.1 Å². The molecule has 1 atom stereocenters. The number of hydrogen-bond acceptors (Lipinski definition) is 4. The Balaban J connectivity index is 1.40.